The van der Waals surface area contributed by atoms with Crippen LogP contribution in [0, 0.1) is 5.82 Å². The Hall–Kier alpha value is -1.64. The summed E-state index contributed by atoms with van der Waals surface area (Å²) in [5.74, 6) is -1.55. The lowest BCUT2D eigenvalue weighted by atomic mass is 9.95. The number of halogens is 1. The first-order valence-corrected chi connectivity index (χ1v) is 4.31. The van der Waals surface area contributed by atoms with Gasteiger partial charge in [0.1, 0.15) is 5.82 Å². The van der Waals surface area contributed by atoms with E-state index in [-0.39, 0.29) is 0 Å². The normalized spacial score (nSPS) is 12.1. The van der Waals surface area contributed by atoms with Crippen molar-refractivity contribution in [1.29, 1.82) is 0 Å². The van der Waals surface area contributed by atoms with Crippen LogP contribution in [0.2, 0.25) is 0 Å². The summed E-state index contributed by atoms with van der Waals surface area (Å²) in [7, 11) is 0. The smallest absolute Gasteiger partial charge is 0.225 e. The van der Waals surface area contributed by atoms with Gasteiger partial charge in [0, 0.05) is 5.56 Å². The molecule has 0 aromatic heterocycles. The molecule has 2 nitrogen and oxygen atoms in total. The molecule has 0 aliphatic heterocycles. The molecule has 1 amide bonds. The van der Waals surface area contributed by atoms with Crippen molar-refractivity contribution in [1.82, 2.24) is 0 Å². The summed E-state index contributed by atoms with van der Waals surface area (Å²) in [4.78, 5) is 11.0. The first-order valence-electron chi connectivity index (χ1n) is 4.31. The van der Waals surface area contributed by atoms with Crippen molar-refractivity contribution < 1.29 is 9.18 Å². The third-order valence-electron chi connectivity index (χ3n) is 2.03. The Balaban J connectivity index is 3.04. The molecule has 74 valence electrons. The van der Waals surface area contributed by atoms with Gasteiger partial charge in [-0.1, -0.05) is 24.3 Å². The van der Waals surface area contributed by atoms with Gasteiger partial charge in [-0.3, -0.25) is 4.79 Å². The number of rotatable bonds is 4. The summed E-state index contributed by atoms with van der Waals surface area (Å²) >= 11 is 0. The Labute approximate surface area is 82.2 Å². The van der Waals surface area contributed by atoms with Gasteiger partial charge >= 0.3 is 0 Å². The summed E-state index contributed by atoms with van der Waals surface area (Å²) in [6, 6.07) is 6.13. The summed E-state index contributed by atoms with van der Waals surface area (Å²) in [6.07, 6.45) is 1.91. The summed E-state index contributed by atoms with van der Waals surface area (Å²) in [5, 5.41) is 0. The number of carbonyl (C=O) groups excluding carboxylic acids is 1. The molecule has 2 N–H and O–H groups in total. The molecule has 14 heavy (non-hydrogen) atoms. The molecule has 0 fully saturated rings. The van der Waals surface area contributed by atoms with Crippen LogP contribution in [-0.2, 0) is 4.79 Å². The molecular formula is C11H12FNO. The largest absolute Gasteiger partial charge is 0.369 e. The van der Waals surface area contributed by atoms with Crippen LogP contribution < -0.4 is 5.73 Å². The number of allylic oxidation sites excluding steroid dienone is 1. The SMILES string of the molecule is C=CC[C@@H](C(N)=O)c1ccccc1F. The van der Waals surface area contributed by atoms with E-state index in [0.717, 1.165) is 0 Å². The molecular weight excluding hydrogens is 181 g/mol. The van der Waals surface area contributed by atoms with E-state index in [1.165, 1.54) is 6.07 Å². The molecule has 1 aromatic carbocycles. The minimum atomic E-state index is -0.617. The molecule has 0 radical (unpaired) electrons. The molecule has 1 rings (SSSR count). The average Bonchev–Trinajstić information content (AvgIpc) is 2.15. The number of hydrogen-bond donors (Lipinski definition) is 1. The molecule has 0 heterocycles. The van der Waals surface area contributed by atoms with Crippen molar-refractivity contribution in [3.05, 3.63) is 48.3 Å². The van der Waals surface area contributed by atoms with Crippen LogP contribution in [0.5, 0.6) is 0 Å². The molecule has 0 unspecified atom stereocenters. The lowest BCUT2D eigenvalue weighted by Crippen LogP contribution is -2.21. The zero-order valence-corrected chi connectivity index (χ0v) is 7.74. The first-order chi connectivity index (χ1) is 6.66. The fraction of sp³-hybridized carbons (Fsp3) is 0.182. The Morgan fingerprint density at radius 1 is 1.57 bits per heavy atom. The van der Waals surface area contributed by atoms with Crippen LogP contribution in [0.15, 0.2) is 36.9 Å². The monoisotopic (exact) mass is 193 g/mol. The highest BCUT2D eigenvalue weighted by molar-refractivity contribution is 5.82. The van der Waals surface area contributed by atoms with E-state index < -0.39 is 17.6 Å². The first kappa shape index (κ1) is 10.4. The van der Waals surface area contributed by atoms with E-state index >= 15 is 0 Å². The van der Waals surface area contributed by atoms with Gasteiger partial charge in [-0.15, -0.1) is 6.58 Å². The highest BCUT2D eigenvalue weighted by Gasteiger charge is 2.19. The zero-order chi connectivity index (χ0) is 10.6. The predicted octanol–water partition coefficient (Wildman–Crippen LogP) is 1.97. The molecule has 0 aliphatic carbocycles. The maximum Gasteiger partial charge on any atom is 0.225 e. The van der Waals surface area contributed by atoms with Crippen LogP contribution in [-0.4, -0.2) is 5.91 Å². The molecule has 3 heteroatoms. The van der Waals surface area contributed by atoms with Crippen LogP contribution in [0.25, 0.3) is 0 Å². The molecule has 0 aliphatic rings. The number of nitrogens with two attached hydrogens (primary N) is 1. The second-order valence-electron chi connectivity index (χ2n) is 3.00. The van der Waals surface area contributed by atoms with Crippen LogP contribution in [0.3, 0.4) is 0 Å². The highest BCUT2D eigenvalue weighted by atomic mass is 19.1. The van der Waals surface area contributed by atoms with E-state index in [1.54, 1.807) is 24.3 Å². The molecule has 0 spiro atoms. The van der Waals surface area contributed by atoms with E-state index in [9.17, 15) is 9.18 Å². The number of primary amides is 1. The van der Waals surface area contributed by atoms with Crippen molar-refractivity contribution in [2.75, 3.05) is 0 Å². The molecule has 1 atom stereocenters. The van der Waals surface area contributed by atoms with Gasteiger partial charge in [0.2, 0.25) is 5.91 Å². The number of amides is 1. The number of carbonyl (C=O) groups is 1. The van der Waals surface area contributed by atoms with E-state index in [2.05, 4.69) is 6.58 Å². The van der Waals surface area contributed by atoms with Crippen molar-refractivity contribution in [3.63, 3.8) is 0 Å². The van der Waals surface area contributed by atoms with Gasteiger partial charge in [-0.05, 0) is 12.5 Å². The van der Waals surface area contributed by atoms with Crippen molar-refractivity contribution in [3.8, 4) is 0 Å². The second-order valence-corrected chi connectivity index (χ2v) is 3.00. The Kier molecular flexibility index (Phi) is 3.40. The standard InChI is InChI=1S/C11H12FNO/c1-2-5-9(11(13)14)8-6-3-4-7-10(8)12/h2-4,6-7,9H,1,5H2,(H2,13,14)/t9-/m1/s1. The van der Waals surface area contributed by atoms with E-state index in [4.69, 9.17) is 5.73 Å². The lowest BCUT2D eigenvalue weighted by molar-refractivity contribution is -0.119. The molecule has 0 saturated heterocycles. The predicted molar refractivity (Wildman–Crippen MR) is 53.1 cm³/mol. The third-order valence-corrected chi connectivity index (χ3v) is 2.03. The zero-order valence-electron chi connectivity index (χ0n) is 7.74. The fourth-order valence-electron chi connectivity index (χ4n) is 1.32. The van der Waals surface area contributed by atoms with Gasteiger partial charge in [0.05, 0.1) is 5.92 Å². The minimum absolute atomic E-state index is 0.333. The molecule has 1 aromatic rings. The summed E-state index contributed by atoms with van der Waals surface area (Å²) in [6.45, 7) is 3.51. The van der Waals surface area contributed by atoms with Gasteiger partial charge in [-0.25, -0.2) is 4.39 Å². The fourth-order valence-corrected chi connectivity index (χ4v) is 1.32. The van der Waals surface area contributed by atoms with Crippen LogP contribution >= 0.6 is 0 Å². The second kappa shape index (κ2) is 4.56. The van der Waals surface area contributed by atoms with Crippen molar-refractivity contribution >= 4 is 5.91 Å². The Bertz CT molecular complexity index is 349. The van der Waals surface area contributed by atoms with Crippen molar-refractivity contribution in [2.24, 2.45) is 5.73 Å². The maximum absolute atomic E-state index is 13.3. The Morgan fingerprint density at radius 3 is 2.71 bits per heavy atom. The van der Waals surface area contributed by atoms with Crippen LogP contribution in [0.1, 0.15) is 17.9 Å². The highest BCUT2D eigenvalue weighted by Crippen LogP contribution is 2.22. The topological polar surface area (TPSA) is 43.1 Å². The van der Waals surface area contributed by atoms with E-state index in [0.29, 0.717) is 12.0 Å². The molecule has 0 saturated carbocycles. The van der Waals surface area contributed by atoms with Gasteiger partial charge in [-0.2, -0.15) is 0 Å². The Morgan fingerprint density at radius 2 is 2.21 bits per heavy atom. The van der Waals surface area contributed by atoms with Gasteiger partial charge < -0.3 is 5.73 Å². The van der Waals surface area contributed by atoms with Crippen molar-refractivity contribution in [2.45, 2.75) is 12.3 Å². The molecule has 0 bridgehead atoms. The number of benzene rings is 1. The summed E-state index contributed by atoms with van der Waals surface area (Å²) in [5.41, 5.74) is 5.50. The average molecular weight is 193 g/mol. The quantitative estimate of drug-likeness (QED) is 0.730. The van der Waals surface area contributed by atoms with Gasteiger partial charge in [0.25, 0.3) is 0 Å². The van der Waals surface area contributed by atoms with Gasteiger partial charge in [0.15, 0.2) is 0 Å². The minimum Gasteiger partial charge on any atom is -0.369 e. The van der Waals surface area contributed by atoms with E-state index in [1.807, 2.05) is 0 Å². The maximum atomic E-state index is 13.3. The number of hydrogen-bond acceptors (Lipinski definition) is 1. The van der Waals surface area contributed by atoms with Crippen LogP contribution in [0.4, 0.5) is 4.39 Å². The lowest BCUT2D eigenvalue weighted by Gasteiger charge is -2.11. The third kappa shape index (κ3) is 2.19. The summed E-state index contributed by atoms with van der Waals surface area (Å²) < 4.78 is 13.3.